The van der Waals surface area contributed by atoms with Crippen molar-refractivity contribution in [3.63, 3.8) is 0 Å². The number of rotatable bonds is 4. The van der Waals surface area contributed by atoms with Crippen molar-refractivity contribution in [2.24, 2.45) is 0 Å². The molecule has 0 saturated carbocycles. The average Bonchev–Trinajstić information content (AvgIpc) is 2.25. The molecule has 2 rings (SSSR count). The van der Waals surface area contributed by atoms with Gasteiger partial charge in [-0.25, -0.2) is 9.97 Å². The monoisotopic (exact) mass is 278 g/mol. The van der Waals surface area contributed by atoms with Crippen LogP contribution < -0.4 is 15.4 Å². The molecule has 1 saturated heterocycles. The van der Waals surface area contributed by atoms with E-state index in [1.54, 1.807) is 6.33 Å². The lowest BCUT2D eigenvalue weighted by Crippen LogP contribution is -2.60. The molecule has 5 heteroatoms. The molecule has 112 valence electrons. The van der Waals surface area contributed by atoms with Crippen LogP contribution in [0, 0.1) is 0 Å². The molecule has 2 N–H and O–H groups in total. The molecule has 1 aliphatic rings. The van der Waals surface area contributed by atoms with Gasteiger partial charge in [-0.2, -0.15) is 0 Å². The van der Waals surface area contributed by atoms with Gasteiger partial charge in [0, 0.05) is 23.2 Å². The van der Waals surface area contributed by atoms with Gasteiger partial charge >= 0.3 is 0 Å². The van der Waals surface area contributed by atoms with E-state index in [0.717, 1.165) is 18.7 Å². The van der Waals surface area contributed by atoms with Crippen LogP contribution in [0.3, 0.4) is 0 Å². The first kappa shape index (κ1) is 15.0. The van der Waals surface area contributed by atoms with Crippen LogP contribution in [0.25, 0.3) is 0 Å². The van der Waals surface area contributed by atoms with Crippen LogP contribution in [-0.4, -0.2) is 33.7 Å². The standard InChI is InChI=1S/C15H26N4O/c1-6-20-13-7-12(16-10-17-13)18-11-8-14(2,3)19-15(4,5)9-11/h7,10-11,19H,6,8-9H2,1-5H3,(H,16,17,18). The summed E-state index contributed by atoms with van der Waals surface area (Å²) in [5, 5.41) is 7.20. The number of hydrogen-bond acceptors (Lipinski definition) is 5. The molecule has 0 amide bonds. The third-order valence-corrected chi connectivity index (χ3v) is 3.48. The van der Waals surface area contributed by atoms with Crippen molar-refractivity contribution >= 4 is 5.82 Å². The molecule has 0 bridgehead atoms. The van der Waals surface area contributed by atoms with Crippen LogP contribution in [-0.2, 0) is 0 Å². The van der Waals surface area contributed by atoms with Crippen LogP contribution >= 0.6 is 0 Å². The van der Waals surface area contributed by atoms with Crippen molar-refractivity contribution < 1.29 is 4.74 Å². The second-order valence-corrected chi connectivity index (χ2v) is 6.82. The van der Waals surface area contributed by atoms with Crippen molar-refractivity contribution in [3.8, 4) is 5.88 Å². The molecule has 0 unspecified atom stereocenters. The van der Waals surface area contributed by atoms with E-state index in [2.05, 4.69) is 48.3 Å². The van der Waals surface area contributed by atoms with Crippen molar-refractivity contribution in [2.75, 3.05) is 11.9 Å². The summed E-state index contributed by atoms with van der Waals surface area (Å²) in [7, 11) is 0. The summed E-state index contributed by atoms with van der Waals surface area (Å²) < 4.78 is 5.41. The predicted molar refractivity (Wildman–Crippen MR) is 81.1 cm³/mol. The van der Waals surface area contributed by atoms with Crippen LogP contribution in [0.15, 0.2) is 12.4 Å². The van der Waals surface area contributed by atoms with Gasteiger partial charge in [0.25, 0.3) is 0 Å². The van der Waals surface area contributed by atoms with E-state index in [4.69, 9.17) is 4.74 Å². The van der Waals surface area contributed by atoms with E-state index >= 15 is 0 Å². The maximum Gasteiger partial charge on any atom is 0.218 e. The molecule has 2 heterocycles. The Morgan fingerprint density at radius 2 is 1.90 bits per heavy atom. The lowest BCUT2D eigenvalue weighted by molar-refractivity contribution is 0.170. The van der Waals surface area contributed by atoms with E-state index < -0.39 is 0 Å². The molecule has 0 atom stereocenters. The third kappa shape index (κ3) is 4.07. The first-order valence-electron chi connectivity index (χ1n) is 7.30. The highest BCUT2D eigenvalue weighted by molar-refractivity contribution is 5.38. The zero-order valence-corrected chi connectivity index (χ0v) is 13.2. The number of anilines is 1. The Balaban J connectivity index is 2.07. The Hall–Kier alpha value is -1.36. The zero-order chi connectivity index (χ0) is 14.8. The fourth-order valence-electron chi connectivity index (χ4n) is 3.28. The first-order chi connectivity index (χ1) is 9.30. The van der Waals surface area contributed by atoms with Gasteiger partial charge in [0.15, 0.2) is 0 Å². The Morgan fingerprint density at radius 3 is 2.50 bits per heavy atom. The zero-order valence-electron chi connectivity index (χ0n) is 13.2. The summed E-state index contributed by atoms with van der Waals surface area (Å²) in [4.78, 5) is 8.38. The number of ether oxygens (including phenoxy) is 1. The predicted octanol–water partition coefficient (Wildman–Crippen LogP) is 2.60. The minimum atomic E-state index is 0.120. The van der Waals surface area contributed by atoms with Crippen LogP contribution in [0.1, 0.15) is 47.5 Å². The van der Waals surface area contributed by atoms with Crippen molar-refractivity contribution in [3.05, 3.63) is 12.4 Å². The smallest absolute Gasteiger partial charge is 0.218 e. The lowest BCUT2D eigenvalue weighted by atomic mass is 9.79. The number of nitrogens with one attached hydrogen (secondary N) is 2. The average molecular weight is 278 g/mol. The number of hydrogen-bond donors (Lipinski definition) is 2. The van der Waals surface area contributed by atoms with Gasteiger partial charge in [-0.05, 0) is 47.5 Å². The Labute approximate surface area is 121 Å². The van der Waals surface area contributed by atoms with E-state index in [-0.39, 0.29) is 11.1 Å². The van der Waals surface area contributed by atoms with Gasteiger partial charge in [-0.3, -0.25) is 0 Å². The molecule has 1 aromatic rings. The SMILES string of the molecule is CCOc1cc(NC2CC(C)(C)NC(C)(C)C2)ncn1. The summed E-state index contributed by atoms with van der Waals surface area (Å²) in [5.41, 5.74) is 0.240. The molecule has 5 nitrogen and oxygen atoms in total. The molecule has 20 heavy (non-hydrogen) atoms. The highest BCUT2D eigenvalue weighted by atomic mass is 16.5. The number of piperidine rings is 1. The summed E-state index contributed by atoms with van der Waals surface area (Å²) in [5.74, 6) is 1.46. The number of nitrogens with zero attached hydrogens (tertiary/aromatic N) is 2. The lowest BCUT2D eigenvalue weighted by Gasteiger charge is -2.46. The summed E-state index contributed by atoms with van der Waals surface area (Å²) in [6, 6.07) is 2.26. The molecular weight excluding hydrogens is 252 g/mol. The first-order valence-corrected chi connectivity index (χ1v) is 7.30. The molecule has 0 spiro atoms. The van der Waals surface area contributed by atoms with E-state index in [9.17, 15) is 0 Å². The van der Waals surface area contributed by atoms with Gasteiger partial charge in [-0.15, -0.1) is 0 Å². The molecule has 1 fully saturated rings. The highest BCUT2D eigenvalue weighted by Gasteiger charge is 2.37. The fourth-order valence-corrected chi connectivity index (χ4v) is 3.28. The Kier molecular flexibility index (Phi) is 4.18. The van der Waals surface area contributed by atoms with E-state index in [1.165, 1.54) is 0 Å². The molecule has 0 radical (unpaired) electrons. The topological polar surface area (TPSA) is 59.1 Å². The van der Waals surface area contributed by atoms with Gasteiger partial charge in [0.1, 0.15) is 12.1 Å². The quantitative estimate of drug-likeness (QED) is 0.886. The van der Waals surface area contributed by atoms with E-state index in [1.807, 2.05) is 13.0 Å². The summed E-state index contributed by atoms with van der Waals surface area (Å²) >= 11 is 0. The minimum absolute atomic E-state index is 0.120. The Morgan fingerprint density at radius 1 is 1.25 bits per heavy atom. The fraction of sp³-hybridized carbons (Fsp3) is 0.733. The third-order valence-electron chi connectivity index (χ3n) is 3.48. The molecule has 0 aromatic carbocycles. The largest absolute Gasteiger partial charge is 0.478 e. The second kappa shape index (κ2) is 5.56. The van der Waals surface area contributed by atoms with Gasteiger partial charge in [0.05, 0.1) is 6.61 Å². The molecule has 0 aliphatic carbocycles. The summed E-state index contributed by atoms with van der Waals surface area (Å²) in [6.07, 6.45) is 3.67. The molecule has 1 aliphatic heterocycles. The summed E-state index contributed by atoms with van der Waals surface area (Å²) in [6.45, 7) is 11.5. The minimum Gasteiger partial charge on any atom is -0.478 e. The van der Waals surface area contributed by atoms with Crippen LogP contribution in [0.4, 0.5) is 5.82 Å². The van der Waals surface area contributed by atoms with Crippen molar-refractivity contribution in [1.82, 2.24) is 15.3 Å². The Bertz CT molecular complexity index is 443. The second-order valence-electron chi connectivity index (χ2n) is 6.82. The van der Waals surface area contributed by atoms with Crippen molar-refractivity contribution in [2.45, 2.75) is 64.6 Å². The van der Waals surface area contributed by atoms with Crippen molar-refractivity contribution in [1.29, 1.82) is 0 Å². The maximum atomic E-state index is 5.41. The molecule has 1 aromatic heterocycles. The maximum absolute atomic E-state index is 5.41. The number of aromatic nitrogens is 2. The van der Waals surface area contributed by atoms with Crippen LogP contribution in [0.5, 0.6) is 5.88 Å². The van der Waals surface area contributed by atoms with Gasteiger partial charge in [-0.1, -0.05) is 0 Å². The van der Waals surface area contributed by atoms with Gasteiger partial charge in [0.2, 0.25) is 5.88 Å². The van der Waals surface area contributed by atoms with Crippen LogP contribution in [0.2, 0.25) is 0 Å². The normalized spacial score (nSPS) is 21.4. The highest BCUT2D eigenvalue weighted by Crippen LogP contribution is 2.30. The molecular formula is C15H26N4O. The van der Waals surface area contributed by atoms with E-state index in [0.29, 0.717) is 18.5 Å². The van der Waals surface area contributed by atoms with Gasteiger partial charge < -0.3 is 15.4 Å².